The molecule has 2 aliphatic rings. The van der Waals surface area contributed by atoms with E-state index in [9.17, 15) is 0 Å². The van der Waals surface area contributed by atoms with Gasteiger partial charge in [0.2, 0.25) is 0 Å². The molecule has 0 aromatic heterocycles. The van der Waals surface area contributed by atoms with Crippen LogP contribution in [0.2, 0.25) is 0 Å². The number of rotatable bonds is 2. The number of hydrogen-bond acceptors (Lipinski definition) is 1. The average Bonchev–Trinajstić information content (AvgIpc) is 2.43. The van der Waals surface area contributed by atoms with Crippen LogP contribution >= 0.6 is 24.0 Å². The van der Waals surface area contributed by atoms with Gasteiger partial charge in [0.05, 0.1) is 0 Å². The molecule has 0 saturated carbocycles. The summed E-state index contributed by atoms with van der Waals surface area (Å²) in [5.41, 5.74) is 3.03. The van der Waals surface area contributed by atoms with Crippen LogP contribution in [0.5, 0.6) is 0 Å². The van der Waals surface area contributed by atoms with Gasteiger partial charge in [-0.05, 0) is 35.8 Å². The minimum absolute atomic E-state index is 0. The van der Waals surface area contributed by atoms with Gasteiger partial charge in [-0.25, -0.2) is 0 Å². The van der Waals surface area contributed by atoms with Crippen molar-refractivity contribution >= 4 is 29.9 Å². The van der Waals surface area contributed by atoms with Crippen molar-refractivity contribution in [1.82, 2.24) is 10.2 Å². The number of benzene rings is 1. The lowest BCUT2D eigenvalue weighted by molar-refractivity contribution is 0.208. The van der Waals surface area contributed by atoms with Crippen molar-refractivity contribution in [3.63, 3.8) is 0 Å². The SMILES string of the molecule is CN=C(NCC1Cc2ccccc21)N1CC(C)CC(C)C1.I. The molecule has 22 heavy (non-hydrogen) atoms. The molecule has 122 valence electrons. The lowest BCUT2D eigenvalue weighted by Crippen LogP contribution is -2.49. The summed E-state index contributed by atoms with van der Waals surface area (Å²) in [6, 6.07) is 8.79. The Hall–Kier alpha value is -0.780. The molecule has 1 N–H and O–H groups in total. The maximum Gasteiger partial charge on any atom is 0.193 e. The normalized spacial score (nSPS) is 27.5. The van der Waals surface area contributed by atoms with Crippen molar-refractivity contribution in [1.29, 1.82) is 0 Å². The molecule has 0 spiro atoms. The zero-order valence-corrected chi connectivity index (χ0v) is 16.2. The highest BCUT2D eigenvalue weighted by atomic mass is 127. The number of piperidine rings is 1. The Kier molecular flexibility index (Phi) is 6.12. The van der Waals surface area contributed by atoms with Crippen molar-refractivity contribution in [3.05, 3.63) is 35.4 Å². The fourth-order valence-corrected chi connectivity index (χ4v) is 3.93. The van der Waals surface area contributed by atoms with E-state index >= 15 is 0 Å². The van der Waals surface area contributed by atoms with Crippen molar-refractivity contribution in [2.75, 3.05) is 26.7 Å². The topological polar surface area (TPSA) is 27.6 Å². The number of nitrogens with one attached hydrogen (secondary N) is 1. The molecular formula is C18H28IN3. The van der Waals surface area contributed by atoms with Gasteiger partial charge < -0.3 is 10.2 Å². The highest BCUT2D eigenvalue weighted by molar-refractivity contribution is 14.0. The zero-order valence-electron chi connectivity index (χ0n) is 13.9. The van der Waals surface area contributed by atoms with Crippen LogP contribution < -0.4 is 5.32 Å². The third kappa shape index (κ3) is 3.76. The van der Waals surface area contributed by atoms with Gasteiger partial charge in [-0.1, -0.05) is 38.1 Å². The molecule has 0 amide bonds. The van der Waals surface area contributed by atoms with Gasteiger partial charge in [0, 0.05) is 32.6 Å². The quantitative estimate of drug-likeness (QED) is 0.457. The Morgan fingerprint density at radius 3 is 2.55 bits per heavy atom. The van der Waals surface area contributed by atoms with E-state index in [0.717, 1.165) is 37.4 Å². The average molecular weight is 413 g/mol. The number of aliphatic imine (C=N–C) groups is 1. The second-order valence-corrected chi connectivity index (χ2v) is 6.88. The second kappa shape index (κ2) is 7.66. The predicted molar refractivity (Wildman–Crippen MR) is 104 cm³/mol. The predicted octanol–water partition coefficient (Wildman–Crippen LogP) is 3.50. The standard InChI is InChI=1S/C18H27N3.HI/c1-13-8-14(2)12-21(11-13)18(19-3)20-10-16-9-15-6-4-5-7-17(15)16;/h4-7,13-14,16H,8-12H2,1-3H3,(H,19,20);1H. The largest absolute Gasteiger partial charge is 0.356 e. The summed E-state index contributed by atoms with van der Waals surface area (Å²) in [5.74, 6) is 3.25. The molecule has 3 nitrogen and oxygen atoms in total. The zero-order chi connectivity index (χ0) is 14.8. The van der Waals surface area contributed by atoms with Gasteiger partial charge in [0.25, 0.3) is 0 Å². The molecule has 0 radical (unpaired) electrons. The van der Waals surface area contributed by atoms with E-state index in [2.05, 4.69) is 53.3 Å². The minimum Gasteiger partial charge on any atom is -0.356 e. The summed E-state index contributed by atoms with van der Waals surface area (Å²) in [4.78, 5) is 6.93. The first-order valence-corrected chi connectivity index (χ1v) is 8.20. The molecule has 1 heterocycles. The summed E-state index contributed by atoms with van der Waals surface area (Å²) in [6.07, 6.45) is 2.54. The van der Waals surface area contributed by atoms with E-state index in [-0.39, 0.29) is 24.0 Å². The van der Waals surface area contributed by atoms with Gasteiger partial charge in [-0.3, -0.25) is 4.99 Å². The third-order valence-corrected chi connectivity index (χ3v) is 4.85. The van der Waals surface area contributed by atoms with Crippen LogP contribution in [0.25, 0.3) is 0 Å². The van der Waals surface area contributed by atoms with Gasteiger partial charge in [0.15, 0.2) is 5.96 Å². The number of likely N-dealkylation sites (tertiary alicyclic amines) is 1. The second-order valence-electron chi connectivity index (χ2n) is 6.88. The minimum atomic E-state index is 0. The maximum atomic E-state index is 4.50. The first-order chi connectivity index (χ1) is 10.2. The molecule has 3 rings (SSSR count). The van der Waals surface area contributed by atoms with Gasteiger partial charge in [0.1, 0.15) is 0 Å². The molecule has 3 unspecified atom stereocenters. The van der Waals surface area contributed by atoms with Crippen LogP contribution in [0, 0.1) is 11.8 Å². The van der Waals surface area contributed by atoms with Crippen LogP contribution in [-0.4, -0.2) is 37.5 Å². The van der Waals surface area contributed by atoms with Gasteiger partial charge in [-0.15, -0.1) is 24.0 Å². The van der Waals surface area contributed by atoms with Gasteiger partial charge >= 0.3 is 0 Å². The summed E-state index contributed by atoms with van der Waals surface area (Å²) < 4.78 is 0. The summed E-state index contributed by atoms with van der Waals surface area (Å²) in [6.45, 7) is 7.95. The number of nitrogens with zero attached hydrogens (tertiary/aromatic N) is 2. The molecule has 1 saturated heterocycles. The Morgan fingerprint density at radius 1 is 1.23 bits per heavy atom. The summed E-state index contributed by atoms with van der Waals surface area (Å²) >= 11 is 0. The summed E-state index contributed by atoms with van der Waals surface area (Å²) in [7, 11) is 1.90. The summed E-state index contributed by atoms with van der Waals surface area (Å²) in [5, 5.41) is 3.60. The molecule has 1 aromatic carbocycles. The molecule has 3 atom stereocenters. The molecule has 1 aliphatic carbocycles. The van der Waals surface area contributed by atoms with Crippen LogP contribution in [0.15, 0.2) is 29.3 Å². The smallest absolute Gasteiger partial charge is 0.193 e. The highest BCUT2D eigenvalue weighted by Crippen LogP contribution is 2.34. The molecule has 0 bridgehead atoms. The Balaban J connectivity index is 0.00000176. The fraction of sp³-hybridized carbons (Fsp3) is 0.611. The lowest BCUT2D eigenvalue weighted by atomic mass is 9.77. The molecular weight excluding hydrogens is 385 g/mol. The lowest BCUT2D eigenvalue weighted by Gasteiger charge is -2.38. The van der Waals surface area contributed by atoms with Crippen molar-refractivity contribution in [2.24, 2.45) is 16.8 Å². The monoisotopic (exact) mass is 413 g/mol. The van der Waals surface area contributed by atoms with Crippen molar-refractivity contribution < 1.29 is 0 Å². The Morgan fingerprint density at radius 2 is 1.91 bits per heavy atom. The number of halogens is 1. The number of guanidine groups is 1. The molecule has 1 aromatic rings. The molecule has 4 heteroatoms. The van der Waals surface area contributed by atoms with E-state index < -0.39 is 0 Å². The van der Waals surface area contributed by atoms with E-state index in [1.54, 1.807) is 0 Å². The van der Waals surface area contributed by atoms with E-state index in [1.807, 2.05) is 7.05 Å². The fourth-order valence-electron chi connectivity index (χ4n) is 3.93. The maximum absolute atomic E-state index is 4.50. The first-order valence-electron chi connectivity index (χ1n) is 8.20. The first kappa shape index (κ1) is 17.6. The highest BCUT2D eigenvalue weighted by Gasteiger charge is 2.27. The Labute approximate surface area is 151 Å². The van der Waals surface area contributed by atoms with Gasteiger partial charge in [-0.2, -0.15) is 0 Å². The number of hydrogen-bond donors (Lipinski definition) is 1. The van der Waals surface area contributed by atoms with Crippen molar-refractivity contribution in [2.45, 2.75) is 32.6 Å². The van der Waals surface area contributed by atoms with E-state index in [4.69, 9.17) is 0 Å². The third-order valence-electron chi connectivity index (χ3n) is 4.85. The van der Waals surface area contributed by atoms with E-state index in [0.29, 0.717) is 5.92 Å². The van der Waals surface area contributed by atoms with Crippen molar-refractivity contribution in [3.8, 4) is 0 Å². The molecule has 1 fully saturated rings. The number of fused-ring (bicyclic) bond motifs is 1. The van der Waals surface area contributed by atoms with Crippen LogP contribution in [-0.2, 0) is 6.42 Å². The van der Waals surface area contributed by atoms with E-state index in [1.165, 1.54) is 24.0 Å². The molecule has 1 aliphatic heterocycles. The Bertz CT molecular complexity index is 519. The van der Waals surface area contributed by atoms with Crippen LogP contribution in [0.1, 0.15) is 37.3 Å². The van der Waals surface area contributed by atoms with Crippen LogP contribution in [0.4, 0.5) is 0 Å². The van der Waals surface area contributed by atoms with Crippen LogP contribution in [0.3, 0.4) is 0 Å².